The number of benzene rings is 1. The first-order valence-electron chi connectivity index (χ1n) is 6.58. The number of rotatable bonds is 3. The molecule has 2 aromatic rings. The Morgan fingerprint density at radius 1 is 1.42 bits per heavy atom. The van der Waals surface area contributed by atoms with Crippen molar-refractivity contribution >= 4 is 28.6 Å². The van der Waals surface area contributed by atoms with Gasteiger partial charge in [-0.05, 0) is 24.0 Å². The second kappa shape index (κ2) is 5.51. The third-order valence-corrected chi connectivity index (χ3v) is 4.65. The predicted molar refractivity (Wildman–Crippen MR) is 82.0 cm³/mol. The van der Waals surface area contributed by atoms with Gasteiger partial charge >= 0.3 is 0 Å². The lowest BCUT2D eigenvalue weighted by molar-refractivity contribution is 0.530. The summed E-state index contributed by atoms with van der Waals surface area (Å²) in [5.41, 5.74) is 3.80. The lowest BCUT2D eigenvalue weighted by Crippen LogP contribution is -2.33. The summed E-state index contributed by atoms with van der Waals surface area (Å²) >= 11 is 7.52. The molecule has 1 aliphatic rings. The summed E-state index contributed by atoms with van der Waals surface area (Å²) in [5, 5.41) is 3.21. The number of alkyl halides is 1. The molecule has 1 atom stereocenters. The van der Waals surface area contributed by atoms with Crippen molar-refractivity contribution in [2.45, 2.75) is 25.8 Å². The minimum absolute atomic E-state index is 0.503. The zero-order valence-electron chi connectivity index (χ0n) is 11.0. The molecule has 0 saturated heterocycles. The van der Waals surface area contributed by atoms with E-state index in [9.17, 15) is 0 Å². The molecule has 0 radical (unpaired) electrons. The van der Waals surface area contributed by atoms with Crippen LogP contribution in [0.25, 0.3) is 0 Å². The van der Waals surface area contributed by atoms with E-state index in [1.165, 1.54) is 17.7 Å². The van der Waals surface area contributed by atoms with Crippen LogP contribution in [-0.2, 0) is 18.8 Å². The first-order valence-corrected chi connectivity index (χ1v) is 8.00. The van der Waals surface area contributed by atoms with Gasteiger partial charge in [0.05, 0.1) is 18.1 Å². The summed E-state index contributed by atoms with van der Waals surface area (Å²) in [6, 6.07) is 8.71. The molecule has 100 valence electrons. The topological polar surface area (TPSA) is 16.1 Å². The Morgan fingerprint density at radius 2 is 2.26 bits per heavy atom. The van der Waals surface area contributed by atoms with Crippen LogP contribution in [0.15, 0.2) is 29.6 Å². The number of halogens is 1. The number of nitrogens with zero attached hydrogens (tertiary/aromatic N) is 2. The molecule has 3 rings (SSSR count). The summed E-state index contributed by atoms with van der Waals surface area (Å²) in [6.07, 6.45) is 1.18. The van der Waals surface area contributed by atoms with Crippen molar-refractivity contribution in [3.8, 4) is 0 Å². The maximum absolute atomic E-state index is 5.82. The standard InChI is InChI=1S/C15H17ClN2S/c1-11-6-12-4-2-3-5-14(12)18(8-11)9-15-17-13(7-16)10-19-15/h2-5,10-11H,6-9H2,1H3. The van der Waals surface area contributed by atoms with Crippen molar-refractivity contribution in [3.05, 3.63) is 45.9 Å². The molecule has 1 aromatic carbocycles. The van der Waals surface area contributed by atoms with Gasteiger partial charge in [0.2, 0.25) is 0 Å². The Balaban J connectivity index is 1.84. The monoisotopic (exact) mass is 292 g/mol. The van der Waals surface area contributed by atoms with Gasteiger partial charge in [-0.1, -0.05) is 25.1 Å². The Kier molecular flexibility index (Phi) is 3.76. The van der Waals surface area contributed by atoms with Crippen molar-refractivity contribution in [2.24, 2.45) is 5.92 Å². The van der Waals surface area contributed by atoms with Crippen LogP contribution in [0.3, 0.4) is 0 Å². The van der Waals surface area contributed by atoms with Crippen LogP contribution in [-0.4, -0.2) is 11.5 Å². The largest absolute Gasteiger partial charge is 0.364 e. The van der Waals surface area contributed by atoms with Gasteiger partial charge in [-0.25, -0.2) is 4.98 Å². The van der Waals surface area contributed by atoms with Crippen LogP contribution in [0.5, 0.6) is 0 Å². The van der Waals surface area contributed by atoms with E-state index in [0.29, 0.717) is 11.8 Å². The molecule has 4 heteroatoms. The van der Waals surface area contributed by atoms with Gasteiger partial charge in [-0.3, -0.25) is 0 Å². The van der Waals surface area contributed by atoms with Crippen molar-refractivity contribution in [2.75, 3.05) is 11.4 Å². The molecule has 1 aliphatic heterocycles. The maximum Gasteiger partial charge on any atom is 0.112 e. The zero-order valence-corrected chi connectivity index (χ0v) is 12.5. The molecule has 0 saturated carbocycles. The third kappa shape index (κ3) is 2.77. The van der Waals surface area contributed by atoms with Crippen molar-refractivity contribution in [3.63, 3.8) is 0 Å². The number of hydrogen-bond acceptors (Lipinski definition) is 3. The summed E-state index contributed by atoms with van der Waals surface area (Å²) in [4.78, 5) is 7.01. The molecular weight excluding hydrogens is 276 g/mol. The first kappa shape index (κ1) is 12.9. The van der Waals surface area contributed by atoms with Crippen LogP contribution >= 0.6 is 22.9 Å². The third-order valence-electron chi connectivity index (χ3n) is 3.50. The molecule has 0 N–H and O–H groups in total. The molecule has 0 spiro atoms. The number of fused-ring (bicyclic) bond motifs is 1. The molecule has 19 heavy (non-hydrogen) atoms. The van der Waals surface area contributed by atoms with E-state index in [4.69, 9.17) is 11.6 Å². The average Bonchev–Trinajstić information content (AvgIpc) is 2.86. The Labute approximate surface area is 123 Å². The summed E-state index contributed by atoms with van der Waals surface area (Å²) < 4.78 is 0. The van der Waals surface area contributed by atoms with Gasteiger partial charge in [0, 0.05) is 17.6 Å². The van der Waals surface area contributed by atoms with Crippen LogP contribution in [0.1, 0.15) is 23.2 Å². The SMILES string of the molecule is CC1Cc2ccccc2N(Cc2nc(CCl)cs2)C1. The van der Waals surface area contributed by atoms with E-state index in [1.54, 1.807) is 11.3 Å². The zero-order chi connectivity index (χ0) is 13.2. The predicted octanol–water partition coefficient (Wildman–Crippen LogP) is 4.08. The molecule has 0 aliphatic carbocycles. The lowest BCUT2D eigenvalue weighted by Gasteiger charge is -2.34. The van der Waals surface area contributed by atoms with E-state index in [-0.39, 0.29) is 0 Å². The molecule has 0 bridgehead atoms. The minimum atomic E-state index is 0.503. The lowest BCUT2D eigenvalue weighted by atomic mass is 9.94. The van der Waals surface area contributed by atoms with E-state index in [0.717, 1.165) is 23.8 Å². The summed E-state index contributed by atoms with van der Waals surface area (Å²) in [5.74, 6) is 1.20. The highest BCUT2D eigenvalue weighted by Crippen LogP contribution is 2.31. The number of thiazole rings is 1. The van der Waals surface area contributed by atoms with Gasteiger partial charge in [0.1, 0.15) is 5.01 Å². The Hall–Kier alpha value is -1.06. The van der Waals surface area contributed by atoms with E-state index < -0.39 is 0 Å². The minimum Gasteiger partial charge on any atom is -0.364 e. The maximum atomic E-state index is 5.82. The highest BCUT2D eigenvalue weighted by Gasteiger charge is 2.22. The van der Waals surface area contributed by atoms with Gasteiger partial charge in [0.25, 0.3) is 0 Å². The molecule has 2 heterocycles. The smallest absolute Gasteiger partial charge is 0.112 e. The highest BCUT2D eigenvalue weighted by molar-refractivity contribution is 7.09. The average molecular weight is 293 g/mol. The first-order chi connectivity index (χ1) is 9.26. The second-order valence-corrected chi connectivity index (χ2v) is 6.39. The molecule has 1 aromatic heterocycles. The van der Waals surface area contributed by atoms with Gasteiger partial charge in [-0.2, -0.15) is 0 Å². The van der Waals surface area contributed by atoms with Crippen molar-refractivity contribution < 1.29 is 0 Å². The molecule has 0 fully saturated rings. The van der Waals surface area contributed by atoms with E-state index in [2.05, 4.69) is 46.5 Å². The fourth-order valence-corrected chi connectivity index (χ4v) is 3.74. The molecule has 1 unspecified atom stereocenters. The van der Waals surface area contributed by atoms with Crippen molar-refractivity contribution in [1.82, 2.24) is 4.98 Å². The fourth-order valence-electron chi connectivity index (χ4n) is 2.70. The summed E-state index contributed by atoms with van der Waals surface area (Å²) in [7, 11) is 0. The number of anilines is 1. The van der Waals surface area contributed by atoms with Gasteiger partial charge < -0.3 is 4.90 Å². The van der Waals surface area contributed by atoms with E-state index >= 15 is 0 Å². The Bertz CT molecular complexity index is 567. The van der Waals surface area contributed by atoms with Crippen LogP contribution in [0.2, 0.25) is 0 Å². The van der Waals surface area contributed by atoms with Crippen LogP contribution < -0.4 is 4.90 Å². The van der Waals surface area contributed by atoms with Crippen LogP contribution in [0, 0.1) is 5.92 Å². The molecule has 2 nitrogen and oxygen atoms in total. The number of hydrogen-bond donors (Lipinski definition) is 0. The van der Waals surface area contributed by atoms with Crippen LogP contribution in [0.4, 0.5) is 5.69 Å². The fraction of sp³-hybridized carbons (Fsp3) is 0.400. The molecular formula is C15H17ClN2S. The number of aromatic nitrogens is 1. The Morgan fingerprint density at radius 3 is 3.05 bits per heavy atom. The second-order valence-electron chi connectivity index (χ2n) is 5.18. The van der Waals surface area contributed by atoms with Gasteiger partial charge in [0.15, 0.2) is 0 Å². The number of para-hydroxylation sites is 1. The molecule has 0 amide bonds. The normalized spacial score (nSPS) is 18.4. The van der Waals surface area contributed by atoms with E-state index in [1.807, 2.05) is 0 Å². The quantitative estimate of drug-likeness (QED) is 0.793. The highest BCUT2D eigenvalue weighted by atomic mass is 35.5. The van der Waals surface area contributed by atoms with Gasteiger partial charge in [-0.15, -0.1) is 22.9 Å². The van der Waals surface area contributed by atoms with Crippen molar-refractivity contribution in [1.29, 1.82) is 0 Å². The summed E-state index contributed by atoms with van der Waals surface area (Å²) in [6.45, 7) is 4.31.